The van der Waals surface area contributed by atoms with Crippen LogP contribution in [0.1, 0.15) is 54.9 Å². The van der Waals surface area contributed by atoms with Crippen LogP contribution in [-0.2, 0) is 9.47 Å². The number of ether oxygens (including phenoxy) is 2. The number of carbonyl (C=O) groups is 3. The summed E-state index contributed by atoms with van der Waals surface area (Å²) in [5, 5.41) is 0. The van der Waals surface area contributed by atoms with Crippen LogP contribution in [-0.4, -0.2) is 35.9 Å². The number of carbonyl (C=O) groups excluding carboxylic acids is 3. The van der Waals surface area contributed by atoms with Crippen molar-refractivity contribution in [2.24, 2.45) is 0 Å². The molecule has 26 heavy (non-hydrogen) atoms. The number of aromatic nitrogens is 1. The molecule has 2 aromatic rings. The molecule has 138 valence electrons. The molecule has 0 aliphatic carbocycles. The summed E-state index contributed by atoms with van der Waals surface area (Å²) < 4.78 is 23.5. The topological polar surface area (TPSA) is 85.5 Å². The number of ketones is 1. The minimum absolute atomic E-state index is 0.00786. The summed E-state index contributed by atoms with van der Waals surface area (Å²) >= 11 is 0. The molecule has 0 saturated carbocycles. The number of rotatable bonds is 6. The zero-order valence-corrected chi connectivity index (χ0v) is 15.1. The molecule has 6 nitrogen and oxygen atoms in total. The summed E-state index contributed by atoms with van der Waals surface area (Å²) in [6.45, 7) is 6.12. The molecular formula is C19H20FNO5. The molecule has 2 rings (SSSR count). The van der Waals surface area contributed by atoms with Gasteiger partial charge in [0.2, 0.25) is 5.78 Å². The quantitative estimate of drug-likeness (QED) is 0.630. The predicted octanol–water partition coefficient (Wildman–Crippen LogP) is 3.30. The third kappa shape index (κ3) is 3.99. The molecule has 0 atom stereocenters. The van der Waals surface area contributed by atoms with Crippen LogP contribution < -0.4 is 0 Å². The average molecular weight is 361 g/mol. The largest absolute Gasteiger partial charge is 0.462 e. The predicted molar refractivity (Wildman–Crippen MR) is 92.0 cm³/mol. The van der Waals surface area contributed by atoms with Crippen molar-refractivity contribution in [3.63, 3.8) is 0 Å². The van der Waals surface area contributed by atoms with Crippen molar-refractivity contribution >= 4 is 17.7 Å². The van der Waals surface area contributed by atoms with Gasteiger partial charge in [0.25, 0.3) is 0 Å². The maximum Gasteiger partial charge on any atom is 0.340 e. The van der Waals surface area contributed by atoms with E-state index in [9.17, 15) is 18.8 Å². The average Bonchev–Trinajstić information content (AvgIpc) is 2.89. The molecule has 0 aliphatic rings. The number of hydrogen-bond acceptors (Lipinski definition) is 5. The van der Waals surface area contributed by atoms with Crippen LogP contribution in [0.2, 0.25) is 0 Å². The second kappa shape index (κ2) is 7.95. The molecule has 0 fully saturated rings. The Labute approximate surface area is 150 Å². The van der Waals surface area contributed by atoms with Gasteiger partial charge in [-0.25, -0.2) is 14.0 Å². The van der Waals surface area contributed by atoms with Gasteiger partial charge in [-0.1, -0.05) is 6.07 Å². The molecular weight excluding hydrogens is 341 g/mol. The minimum Gasteiger partial charge on any atom is -0.462 e. The van der Waals surface area contributed by atoms with Crippen molar-refractivity contribution in [2.45, 2.75) is 27.7 Å². The second-order valence-electron chi connectivity index (χ2n) is 5.81. The highest BCUT2D eigenvalue weighted by Crippen LogP contribution is 2.20. The molecule has 1 aromatic heterocycles. The van der Waals surface area contributed by atoms with E-state index >= 15 is 0 Å². The normalized spacial score (nSPS) is 10.5. The summed E-state index contributed by atoms with van der Waals surface area (Å²) in [4.78, 5) is 39.5. The van der Waals surface area contributed by atoms with E-state index in [4.69, 9.17) is 9.47 Å². The number of hydrogen-bond donors (Lipinski definition) is 1. The van der Waals surface area contributed by atoms with Crippen molar-refractivity contribution < 1.29 is 28.2 Å². The van der Waals surface area contributed by atoms with Crippen molar-refractivity contribution in [2.75, 3.05) is 13.2 Å². The van der Waals surface area contributed by atoms with Crippen LogP contribution >= 0.6 is 0 Å². The molecule has 0 unspecified atom stereocenters. The Balaban J connectivity index is 2.16. The van der Waals surface area contributed by atoms with Gasteiger partial charge < -0.3 is 14.5 Å². The van der Waals surface area contributed by atoms with E-state index in [2.05, 4.69) is 4.98 Å². The number of benzene rings is 1. The Morgan fingerprint density at radius 1 is 1.00 bits per heavy atom. The lowest BCUT2D eigenvalue weighted by Gasteiger charge is -2.07. The van der Waals surface area contributed by atoms with Gasteiger partial charge in [0.1, 0.15) is 5.82 Å². The van der Waals surface area contributed by atoms with Crippen LogP contribution in [0.5, 0.6) is 0 Å². The third-order valence-electron chi connectivity index (χ3n) is 3.88. The molecule has 0 spiro atoms. The van der Waals surface area contributed by atoms with Gasteiger partial charge in [0.05, 0.1) is 23.3 Å². The first-order chi connectivity index (χ1) is 12.3. The van der Waals surface area contributed by atoms with E-state index in [1.54, 1.807) is 27.7 Å². The van der Waals surface area contributed by atoms with Gasteiger partial charge in [0.15, 0.2) is 6.61 Å². The second-order valence-corrected chi connectivity index (χ2v) is 5.81. The fraction of sp³-hybridized carbons (Fsp3) is 0.316. The van der Waals surface area contributed by atoms with Crippen LogP contribution in [0.15, 0.2) is 18.2 Å². The first-order valence-electron chi connectivity index (χ1n) is 8.09. The monoisotopic (exact) mass is 361 g/mol. The number of aromatic amines is 1. The minimum atomic E-state index is -0.820. The summed E-state index contributed by atoms with van der Waals surface area (Å²) in [5.41, 5.74) is 1.64. The summed E-state index contributed by atoms with van der Waals surface area (Å²) in [6.07, 6.45) is 0. The van der Waals surface area contributed by atoms with Crippen molar-refractivity contribution in [3.8, 4) is 0 Å². The molecule has 0 bridgehead atoms. The van der Waals surface area contributed by atoms with Crippen LogP contribution in [0.25, 0.3) is 0 Å². The Kier molecular flexibility index (Phi) is 5.92. The Bertz CT molecular complexity index is 869. The lowest BCUT2D eigenvalue weighted by molar-refractivity contribution is 0.0471. The van der Waals surface area contributed by atoms with E-state index in [1.807, 2.05) is 0 Å². The van der Waals surface area contributed by atoms with Gasteiger partial charge in [-0.2, -0.15) is 0 Å². The first kappa shape index (κ1) is 19.4. The third-order valence-corrected chi connectivity index (χ3v) is 3.88. The number of Topliss-reactive ketones (excluding diaryl/α,β-unsaturated/α-hetero) is 1. The number of halogens is 1. The van der Waals surface area contributed by atoms with Crippen molar-refractivity contribution in [3.05, 3.63) is 57.7 Å². The highest BCUT2D eigenvalue weighted by Gasteiger charge is 2.26. The van der Waals surface area contributed by atoms with E-state index in [-0.39, 0.29) is 23.3 Å². The molecule has 1 heterocycles. The zero-order valence-electron chi connectivity index (χ0n) is 15.1. The molecule has 0 radical (unpaired) electrons. The van der Waals surface area contributed by atoms with Gasteiger partial charge >= 0.3 is 11.9 Å². The van der Waals surface area contributed by atoms with E-state index in [0.29, 0.717) is 17.0 Å². The number of H-pyrrole nitrogens is 1. The van der Waals surface area contributed by atoms with Crippen LogP contribution in [0.4, 0.5) is 4.39 Å². The van der Waals surface area contributed by atoms with Gasteiger partial charge in [-0.15, -0.1) is 0 Å². The van der Waals surface area contributed by atoms with E-state index < -0.39 is 30.1 Å². The van der Waals surface area contributed by atoms with Crippen molar-refractivity contribution in [1.82, 2.24) is 4.98 Å². The van der Waals surface area contributed by atoms with Gasteiger partial charge in [-0.05, 0) is 45.4 Å². The SMILES string of the molecule is CCOC(=O)c1c(C)[nH]c(C)c1C(=O)COC(=O)c1ccc(C)c(F)c1. The molecule has 0 saturated heterocycles. The number of nitrogens with one attached hydrogen (secondary N) is 1. The maximum atomic E-state index is 13.5. The van der Waals surface area contributed by atoms with Crippen molar-refractivity contribution in [1.29, 1.82) is 0 Å². The standard InChI is InChI=1S/C19H20FNO5/c1-5-25-19(24)17-12(4)21-11(3)16(17)15(22)9-26-18(23)13-7-6-10(2)14(20)8-13/h6-8,21H,5,9H2,1-4H3. The fourth-order valence-corrected chi connectivity index (χ4v) is 2.59. The molecule has 0 aliphatic heterocycles. The lowest BCUT2D eigenvalue weighted by Crippen LogP contribution is -2.18. The lowest BCUT2D eigenvalue weighted by atomic mass is 10.1. The molecule has 0 amide bonds. The maximum absolute atomic E-state index is 13.5. The van der Waals surface area contributed by atoms with Crippen LogP contribution in [0, 0.1) is 26.6 Å². The fourth-order valence-electron chi connectivity index (χ4n) is 2.59. The van der Waals surface area contributed by atoms with Gasteiger partial charge in [-0.3, -0.25) is 4.79 Å². The smallest absolute Gasteiger partial charge is 0.340 e. The van der Waals surface area contributed by atoms with Gasteiger partial charge in [0, 0.05) is 11.4 Å². The number of aryl methyl sites for hydroxylation is 3. The Hall–Kier alpha value is -2.96. The number of esters is 2. The highest BCUT2D eigenvalue weighted by atomic mass is 19.1. The molecule has 1 N–H and O–H groups in total. The first-order valence-corrected chi connectivity index (χ1v) is 8.09. The van der Waals surface area contributed by atoms with E-state index in [1.165, 1.54) is 12.1 Å². The molecule has 7 heteroatoms. The summed E-state index contributed by atoms with van der Waals surface area (Å²) in [7, 11) is 0. The Morgan fingerprint density at radius 2 is 1.65 bits per heavy atom. The zero-order chi connectivity index (χ0) is 19.4. The summed E-state index contributed by atoms with van der Waals surface area (Å²) in [6, 6.07) is 3.92. The Morgan fingerprint density at radius 3 is 2.27 bits per heavy atom. The highest BCUT2D eigenvalue weighted by molar-refractivity contribution is 6.09. The molecule has 1 aromatic carbocycles. The summed E-state index contributed by atoms with van der Waals surface area (Å²) in [5.74, 6) is -2.52. The van der Waals surface area contributed by atoms with Crippen LogP contribution in [0.3, 0.4) is 0 Å². The van der Waals surface area contributed by atoms with E-state index in [0.717, 1.165) is 6.07 Å².